The second-order valence-electron chi connectivity index (χ2n) is 4.97. The van der Waals surface area contributed by atoms with Gasteiger partial charge >= 0.3 is 5.91 Å². The van der Waals surface area contributed by atoms with Gasteiger partial charge in [-0.15, -0.1) is 0 Å². The van der Waals surface area contributed by atoms with Crippen LogP contribution in [0.5, 0.6) is 0 Å². The number of hydrogen-bond donors (Lipinski definition) is 2. The van der Waals surface area contributed by atoms with Crippen molar-refractivity contribution in [1.82, 2.24) is 10.3 Å². The van der Waals surface area contributed by atoms with Crippen molar-refractivity contribution in [3.63, 3.8) is 0 Å². The van der Waals surface area contributed by atoms with Gasteiger partial charge < -0.3 is 4.42 Å². The molecule has 3 N–H and O–H groups in total. The van der Waals surface area contributed by atoms with Crippen LogP contribution in [0.2, 0.25) is 0 Å². The smallest absolute Gasteiger partial charge is 0.301 e. The predicted molar refractivity (Wildman–Crippen MR) is 68.8 cm³/mol. The summed E-state index contributed by atoms with van der Waals surface area (Å²) in [5.41, 5.74) is 2.93. The van der Waals surface area contributed by atoms with E-state index in [9.17, 15) is 4.79 Å². The van der Waals surface area contributed by atoms with Crippen molar-refractivity contribution in [1.29, 1.82) is 0 Å². The number of hydrogen-bond acceptors (Lipinski definition) is 4. The molecule has 1 aromatic heterocycles. The highest BCUT2D eigenvalue weighted by Gasteiger charge is 2.24. The molecule has 1 aliphatic rings. The summed E-state index contributed by atoms with van der Waals surface area (Å²) in [5, 5.41) is 0. The highest BCUT2D eigenvalue weighted by Crippen LogP contribution is 2.30. The summed E-state index contributed by atoms with van der Waals surface area (Å²) in [7, 11) is 0. The first-order valence-corrected chi connectivity index (χ1v) is 6.46. The standard InChI is InChI=1S/C13H21N3O2/c1-3-16(7-10-4-5-10)8-11-6-9(2)12(18-11)13(17)15-14/h6,10H,3-5,7-8,14H2,1-2H3,(H,15,17). The van der Waals surface area contributed by atoms with Gasteiger partial charge in [0, 0.05) is 12.1 Å². The van der Waals surface area contributed by atoms with Crippen LogP contribution in [0.3, 0.4) is 0 Å². The second kappa shape index (κ2) is 5.54. The summed E-state index contributed by atoms with van der Waals surface area (Å²) >= 11 is 0. The molecule has 1 aromatic rings. The second-order valence-corrected chi connectivity index (χ2v) is 4.97. The minimum Gasteiger partial charge on any atom is -0.454 e. The molecule has 0 saturated heterocycles. The number of carbonyl (C=O) groups is 1. The highest BCUT2D eigenvalue weighted by atomic mass is 16.4. The lowest BCUT2D eigenvalue weighted by Crippen LogP contribution is -2.30. The number of nitrogens with one attached hydrogen (secondary N) is 1. The van der Waals surface area contributed by atoms with E-state index in [1.54, 1.807) is 0 Å². The normalized spacial score (nSPS) is 15.1. The summed E-state index contributed by atoms with van der Waals surface area (Å²) in [6.07, 6.45) is 2.68. The lowest BCUT2D eigenvalue weighted by atomic mass is 10.2. The number of nitrogens with zero attached hydrogens (tertiary/aromatic N) is 1. The van der Waals surface area contributed by atoms with E-state index < -0.39 is 0 Å². The van der Waals surface area contributed by atoms with E-state index in [1.807, 2.05) is 13.0 Å². The van der Waals surface area contributed by atoms with Crippen molar-refractivity contribution in [3.8, 4) is 0 Å². The molecule has 1 aliphatic carbocycles. The zero-order chi connectivity index (χ0) is 13.1. The highest BCUT2D eigenvalue weighted by molar-refractivity contribution is 5.92. The zero-order valence-corrected chi connectivity index (χ0v) is 11.0. The Morgan fingerprint density at radius 2 is 2.33 bits per heavy atom. The van der Waals surface area contributed by atoms with Gasteiger partial charge in [-0.1, -0.05) is 6.92 Å². The van der Waals surface area contributed by atoms with Gasteiger partial charge in [0.25, 0.3) is 0 Å². The topological polar surface area (TPSA) is 71.5 Å². The third-order valence-electron chi connectivity index (χ3n) is 3.35. The molecule has 0 aromatic carbocycles. The molecule has 0 radical (unpaired) electrons. The van der Waals surface area contributed by atoms with E-state index in [4.69, 9.17) is 10.3 Å². The number of amides is 1. The Morgan fingerprint density at radius 3 is 2.89 bits per heavy atom. The molecule has 1 heterocycles. The molecule has 0 atom stereocenters. The fraction of sp³-hybridized carbons (Fsp3) is 0.615. The number of rotatable bonds is 6. The molecule has 1 amide bonds. The third-order valence-corrected chi connectivity index (χ3v) is 3.35. The molecule has 0 aliphatic heterocycles. The largest absolute Gasteiger partial charge is 0.454 e. The van der Waals surface area contributed by atoms with Gasteiger partial charge in [0.05, 0.1) is 6.54 Å². The third kappa shape index (κ3) is 3.11. The number of aryl methyl sites for hydroxylation is 1. The van der Waals surface area contributed by atoms with E-state index in [1.165, 1.54) is 12.8 Å². The molecule has 5 nitrogen and oxygen atoms in total. The monoisotopic (exact) mass is 251 g/mol. The van der Waals surface area contributed by atoms with Crippen molar-refractivity contribution < 1.29 is 9.21 Å². The summed E-state index contributed by atoms with van der Waals surface area (Å²) in [6.45, 7) is 6.87. The van der Waals surface area contributed by atoms with Gasteiger partial charge in [-0.25, -0.2) is 5.84 Å². The quantitative estimate of drug-likeness (QED) is 0.456. The van der Waals surface area contributed by atoms with Gasteiger partial charge in [0.2, 0.25) is 0 Å². The van der Waals surface area contributed by atoms with Crippen LogP contribution in [0.15, 0.2) is 10.5 Å². The molecule has 0 bridgehead atoms. The summed E-state index contributed by atoms with van der Waals surface area (Å²) in [4.78, 5) is 13.8. The number of nitrogen functional groups attached to an aromatic ring is 1. The van der Waals surface area contributed by atoms with Crippen molar-refractivity contribution in [2.75, 3.05) is 13.1 Å². The maximum absolute atomic E-state index is 11.4. The summed E-state index contributed by atoms with van der Waals surface area (Å²) < 4.78 is 5.57. The average molecular weight is 251 g/mol. The van der Waals surface area contributed by atoms with Crippen molar-refractivity contribution >= 4 is 5.91 Å². The van der Waals surface area contributed by atoms with Gasteiger partial charge in [-0.3, -0.25) is 15.1 Å². The first kappa shape index (κ1) is 13.1. The molecular formula is C13H21N3O2. The van der Waals surface area contributed by atoms with Crippen LogP contribution in [0.4, 0.5) is 0 Å². The molecule has 1 fully saturated rings. The molecule has 0 spiro atoms. The minimum absolute atomic E-state index is 0.315. The van der Waals surface area contributed by atoms with Crippen molar-refractivity contribution in [2.24, 2.45) is 11.8 Å². The zero-order valence-electron chi connectivity index (χ0n) is 11.0. The number of hydrazine groups is 1. The van der Waals surface area contributed by atoms with Crippen LogP contribution < -0.4 is 11.3 Å². The van der Waals surface area contributed by atoms with E-state index >= 15 is 0 Å². The maximum Gasteiger partial charge on any atom is 0.301 e. The lowest BCUT2D eigenvalue weighted by molar-refractivity contribution is 0.0921. The molecule has 18 heavy (non-hydrogen) atoms. The number of furan rings is 1. The number of nitrogens with two attached hydrogens (primary N) is 1. The molecule has 5 heteroatoms. The van der Waals surface area contributed by atoms with Gasteiger partial charge in [-0.05, 0) is 38.3 Å². The Bertz CT molecular complexity index is 424. The molecule has 1 saturated carbocycles. The fourth-order valence-electron chi connectivity index (χ4n) is 2.11. The maximum atomic E-state index is 11.4. The fourth-order valence-corrected chi connectivity index (χ4v) is 2.11. The predicted octanol–water partition coefficient (Wildman–Crippen LogP) is 1.42. The van der Waals surface area contributed by atoms with E-state index in [0.29, 0.717) is 5.76 Å². The van der Waals surface area contributed by atoms with Crippen LogP contribution >= 0.6 is 0 Å². The van der Waals surface area contributed by atoms with Crippen LogP contribution in [-0.2, 0) is 6.54 Å². The molecular weight excluding hydrogens is 230 g/mol. The lowest BCUT2D eigenvalue weighted by Gasteiger charge is -2.18. The van der Waals surface area contributed by atoms with Crippen LogP contribution in [0.1, 0.15) is 41.6 Å². The van der Waals surface area contributed by atoms with E-state index in [0.717, 1.165) is 36.9 Å². The van der Waals surface area contributed by atoms with E-state index in [2.05, 4.69) is 17.2 Å². The van der Waals surface area contributed by atoms with Crippen LogP contribution in [-0.4, -0.2) is 23.9 Å². The van der Waals surface area contributed by atoms with Gasteiger partial charge in [0.15, 0.2) is 5.76 Å². The molecule has 0 unspecified atom stereocenters. The van der Waals surface area contributed by atoms with E-state index in [-0.39, 0.29) is 5.91 Å². The SMILES string of the molecule is CCN(Cc1cc(C)c(C(=O)NN)o1)CC1CC1. The average Bonchev–Trinajstić information content (AvgIpc) is 3.10. The van der Waals surface area contributed by atoms with Gasteiger partial charge in [0.1, 0.15) is 5.76 Å². The summed E-state index contributed by atoms with van der Waals surface area (Å²) in [6, 6.07) is 1.92. The first-order valence-electron chi connectivity index (χ1n) is 6.46. The first-order chi connectivity index (χ1) is 8.63. The van der Waals surface area contributed by atoms with Crippen LogP contribution in [0.25, 0.3) is 0 Å². The minimum atomic E-state index is -0.371. The Morgan fingerprint density at radius 1 is 1.61 bits per heavy atom. The Kier molecular flexibility index (Phi) is 4.04. The Labute approximate surface area is 107 Å². The van der Waals surface area contributed by atoms with Crippen molar-refractivity contribution in [2.45, 2.75) is 33.2 Å². The summed E-state index contributed by atoms with van der Waals surface area (Å²) in [5.74, 6) is 6.74. The molecule has 100 valence electrons. The Hall–Kier alpha value is -1.33. The van der Waals surface area contributed by atoms with Crippen molar-refractivity contribution in [3.05, 3.63) is 23.2 Å². The number of carbonyl (C=O) groups excluding carboxylic acids is 1. The van der Waals surface area contributed by atoms with Gasteiger partial charge in [-0.2, -0.15) is 0 Å². The Balaban J connectivity index is 2.01. The molecule has 2 rings (SSSR count). The van der Waals surface area contributed by atoms with Crippen LogP contribution in [0, 0.1) is 12.8 Å².